The molecule has 2 aliphatic rings. The summed E-state index contributed by atoms with van der Waals surface area (Å²) in [5.74, 6) is 2.48. The molecule has 0 bridgehead atoms. The van der Waals surface area contributed by atoms with Crippen LogP contribution in [0.2, 0.25) is 0 Å². The van der Waals surface area contributed by atoms with Gasteiger partial charge < -0.3 is 19.1 Å². The van der Waals surface area contributed by atoms with Crippen LogP contribution >= 0.6 is 0 Å². The van der Waals surface area contributed by atoms with Gasteiger partial charge in [0.25, 0.3) is 0 Å². The lowest BCUT2D eigenvalue weighted by Crippen LogP contribution is -2.46. The highest BCUT2D eigenvalue weighted by Gasteiger charge is 2.34. The van der Waals surface area contributed by atoms with E-state index in [0.29, 0.717) is 12.6 Å². The summed E-state index contributed by atoms with van der Waals surface area (Å²) in [5, 5.41) is 0. The molecular weight excluding hydrogens is 424 g/mol. The van der Waals surface area contributed by atoms with Crippen LogP contribution < -0.4 is 19.1 Å². The molecule has 5 heteroatoms. The number of fused-ring (bicyclic) bond motifs is 1. The second-order valence-corrected chi connectivity index (χ2v) is 9.14. The normalized spacial score (nSPS) is 18.5. The molecule has 0 aromatic heterocycles. The molecule has 2 atom stereocenters. The van der Waals surface area contributed by atoms with Crippen LogP contribution in [-0.4, -0.2) is 51.4 Å². The molecule has 0 radical (unpaired) electrons. The average molecular weight is 459 g/mol. The fraction of sp³-hybridized carbons (Fsp3) is 0.379. The van der Waals surface area contributed by atoms with Crippen molar-refractivity contribution >= 4 is 5.69 Å². The number of ether oxygens (including phenoxy) is 3. The van der Waals surface area contributed by atoms with Crippen molar-refractivity contribution in [3.8, 4) is 17.2 Å². The fourth-order valence-corrected chi connectivity index (χ4v) is 5.35. The molecule has 3 aromatic rings. The highest BCUT2D eigenvalue weighted by molar-refractivity contribution is 5.61. The Morgan fingerprint density at radius 3 is 2.35 bits per heavy atom. The molecule has 0 saturated carbocycles. The van der Waals surface area contributed by atoms with E-state index in [0.717, 1.165) is 43.3 Å². The van der Waals surface area contributed by atoms with Gasteiger partial charge in [-0.15, -0.1) is 0 Å². The Hall–Kier alpha value is -3.18. The molecule has 0 spiro atoms. The summed E-state index contributed by atoms with van der Waals surface area (Å²) >= 11 is 0. The van der Waals surface area contributed by atoms with E-state index in [1.54, 1.807) is 14.2 Å². The third kappa shape index (κ3) is 4.71. The maximum absolute atomic E-state index is 6.28. The molecule has 2 unspecified atom stereocenters. The predicted octanol–water partition coefficient (Wildman–Crippen LogP) is 5.35. The van der Waals surface area contributed by atoms with Crippen molar-refractivity contribution < 1.29 is 14.2 Å². The quantitative estimate of drug-likeness (QED) is 0.432. The molecule has 178 valence electrons. The number of methoxy groups -OCH3 is 2. The number of anilines is 1. The van der Waals surface area contributed by atoms with Gasteiger partial charge in [-0.3, -0.25) is 4.90 Å². The van der Waals surface area contributed by atoms with Crippen LogP contribution in [0.1, 0.15) is 30.0 Å². The molecule has 2 heterocycles. The SMILES string of the molecule is COc1ccc(C2Cc3ccccc3N2CC(COc2ccccc2)N2CCCC2)cc1OC. The summed E-state index contributed by atoms with van der Waals surface area (Å²) in [4.78, 5) is 5.18. The van der Waals surface area contributed by atoms with Crippen LogP contribution in [0.4, 0.5) is 5.69 Å². The maximum atomic E-state index is 6.28. The molecule has 0 N–H and O–H groups in total. The minimum Gasteiger partial charge on any atom is -0.493 e. The van der Waals surface area contributed by atoms with Gasteiger partial charge in [0.2, 0.25) is 0 Å². The zero-order chi connectivity index (χ0) is 23.3. The monoisotopic (exact) mass is 458 g/mol. The summed E-state index contributed by atoms with van der Waals surface area (Å²) in [6.07, 6.45) is 3.51. The summed E-state index contributed by atoms with van der Waals surface area (Å²) in [7, 11) is 3.38. The van der Waals surface area contributed by atoms with E-state index in [1.165, 1.54) is 29.7 Å². The van der Waals surface area contributed by atoms with E-state index in [-0.39, 0.29) is 6.04 Å². The lowest BCUT2D eigenvalue weighted by Gasteiger charge is -2.36. The van der Waals surface area contributed by atoms with Crippen LogP contribution in [0.25, 0.3) is 0 Å². The van der Waals surface area contributed by atoms with Gasteiger partial charge in [-0.25, -0.2) is 0 Å². The Balaban J connectivity index is 1.43. The molecule has 1 fully saturated rings. The molecular formula is C29H34N2O3. The summed E-state index contributed by atoms with van der Waals surface area (Å²) in [5.41, 5.74) is 3.97. The molecule has 0 aliphatic carbocycles. The van der Waals surface area contributed by atoms with Gasteiger partial charge in [-0.05, 0) is 73.8 Å². The predicted molar refractivity (Wildman–Crippen MR) is 136 cm³/mol. The van der Waals surface area contributed by atoms with Gasteiger partial charge in [-0.2, -0.15) is 0 Å². The van der Waals surface area contributed by atoms with Crippen LogP contribution in [0.3, 0.4) is 0 Å². The van der Waals surface area contributed by atoms with E-state index in [9.17, 15) is 0 Å². The number of benzene rings is 3. The Morgan fingerprint density at radius 1 is 0.853 bits per heavy atom. The van der Waals surface area contributed by atoms with Crippen LogP contribution in [0.15, 0.2) is 72.8 Å². The van der Waals surface area contributed by atoms with Gasteiger partial charge in [0.05, 0.1) is 26.3 Å². The third-order valence-corrected chi connectivity index (χ3v) is 7.13. The molecule has 5 nitrogen and oxygen atoms in total. The van der Waals surface area contributed by atoms with E-state index < -0.39 is 0 Å². The number of hydrogen-bond acceptors (Lipinski definition) is 5. The van der Waals surface area contributed by atoms with Crippen molar-refractivity contribution in [1.82, 2.24) is 4.90 Å². The van der Waals surface area contributed by atoms with Crippen molar-refractivity contribution in [2.75, 3.05) is 45.4 Å². The molecule has 0 amide bonds. The minimum absolute atomic E-state index is 0.249. The molecule has 2 aliphatic heterocycles. The Labute approximate surface area is 202 Å². The maximum Gasteiger partial charge on any atom is 0.161 e. The summed E-state index contributed by atoms with van der Waals surface area (Å²) in [6.45, 7) is 3.88. The number of para-hydroxylation sites is 2. The first-order valence-corrected chi connectivity index (χ1v) is 12.2. The number of rotatable bonds is 9. The number of hydrogen-bond donors (Lipinski definition) is 0. The van der Waals surface area contributed by atoms with Crippen LogP contribution in [0.5, 0.6) is 17.2 Å². The molecule has 3 aromatic carbocycles. The van der Waals surface area contributed by atoms with Crippen molar-refractivity contribution in [3.63, 3.8) is 0 Å². The van der Waals surface area contributed by atoms with E-state index >= 15 is 0 Å². The third-order valence-electron chi connectivity index (χ3n) is 7.13. The second-order valence-electron chi connectivity index (χ2n) is 9.14. The summed E-state index contributed by atoms with van der Waals surface area (Å²) in [6, 6.07) is 25.9. The van der Waals surface area contributed by atoms with E-state index in [1.807, 2.05) is 36.4 Å². The topological polar surface area (TPSA) is 34.2 Å². The standard InChI is InChI=1S/C29H34N2O3/c1-32-28-15-14-23(19-29(28)33-2)27-18-22-10-6-7-13-26(22)31(27)20-24(30-16-8-9-17-30)21-34-25-11-4-3-5-12-25/h3-7,10-15,19,24,27H,8-9,16-18,20-21H2,1-2H3. The first-order valence-electron chi connectivity index (χ1n) is 12.2. The van der Waals surface area contributed by atoms with Crippen molar-refractivity contribution in [1.29, 1.82) is 0 Å². The Bertz CT molecular complexity index is 1080. The van der Waals surface area contributed by atoms with Crippen molar-refractivity contribution in [3.05, 3.63) is 83.9 Å². The molecule has 1 saturated heterocycles. The molecule has 34 heavy (non-hydrogen) atoms. The van der Waals surface area contributed by atoms with Crippen LogP contribution in [-0.2, 0) is 6.42 Å². The fourth-order valence-electron chi connectivity index (χ4n) is 5.35. The smallest absolute Gasteiger partial charge is 0.161 e. The van der Waals surface area contributed by atoms with Gasteiger partial charge in [0.1, 0.15) is 12.4 Å². The Kier molecular flexibility index (Phi) is 6.91. The summed E-state index contributed by atoms with van der Waals surface area (Å²) < 4.78 is 17.4. The molecule has 5 rings (SSSR count). The van der Waals surface area contributed by atoms with E-state index in [2.05, 4.69) is 46.2 Å². The van der Waals surface area contributed by atoms with Gasteiger partial charge in [0.15, 0.2) is 11.5 Å². The van der Waals surface area contributed by atoms with Crippen molar-refractivity contribution in [2.45, 2.75) is 31.3 Å². The lowest BCUT2D eigenvalue weighted by atomic mass is 10.0. The van der Waals surface area contributed by atoms with Gasteiger partial charge in [0, 0.05) is 12.2 Å². The number of likely N-dealkylation sites (tertiary alicyclic amines) is 1. The van der Waals surface area contributed by atoms with E-state index in [4.69, 9.17) is 14.2 Å². The van der Waals surface area contributed by atoms with Gasteiger partial charge >= 0.3 is 0 Å². The second kappa shape index (κ2) is 10.4. The highest BCUT2D eigenvalue weighted by atomic mass is 16.5. The first-order chi connectivity index (χ1) is 16.8. The first kappa shape index (κ1) is 22.6. The average Bonchev–Trinajstić information content (AvgIpc) is 3.55. The minimum atomic E-state index is 0.249. The Morgan fingerprint density at radius 2 is 1.59 bits per heavy atom. The highest BCUT2D eigenvalue weighted by Crippen LogP contribution is 2.42. The van der Waals surface area contributed by atoms with Crippen LogP contribution in [0, 0.1) is 0 Å². The van der Waals surface area contributed by atoms with Crippen molar-refractivity contribution in [2.24, 2.45) is 0 Å². The number of nitrogens with zero attached hydrogens (tertiary/aromatic N) is 2. The van der Waals surface area contributed by atoms with Gasteiger partial charge in [-0.1, -0.05) is 42.5 Å². The zero-order valence-corrected chi connectivity index (χ0v) is 20.2. The zero-order valence-electron chi connectivity index (χ0n) is 20.2. The largest absolute Gasteiger partial charge is 0.493 e. The lowest BCUT2D eigenvalue weighted by molar-refractivity contribution is 0.161.